The summed E-state index contributed by atoms with van der Waals surface area (Å²) in [5.41, 5.74) is 1.23. The average molecular weight is 232 g/mol. The van der Waals surface area contributed by atoms with Crippen LogP contribution in [0.3, 0.4) is 0 Å². The largest absolute Gasteiger partial charge is 0.444 e. The average Bonchev–Trinajstić information content (AvgIpc) is 2.59. The number of hydrogen-bond donors (Lipinski definition) is 2. The minimum atomic E-state index is -0.490. The number of H-pyrrole nitrogens is 1. The molecule has 4 nitrogen and oxygen atoms in total. The Labute approximate surface area is 100.0 Å². The van der Waals surface area contributed by atoms with E-state index in [4.69, 9.17) is 4.74 Å². The summed E-state index contributed by atoms with van der Waals surface area (Å²) < 4.78 is 5.20. The highest BCUT2D eigenvalue weighted by molar-refractivity contribution is 5.99. The highest BCUT2D eigenvalue weighted by Crippen LogP contribution is 2.23. The number of nitrogens with one attached hydrogen (secondary N) is 2. The van der Waals surface area contributed by atoms with Gasteiger partial charge in [0.25, 0.3) is 0 Å². The van der Waals surface area contributed by atoms with Crippen LogP contribution in [0.2, 0.25) is 0 Å². The predicted molar refractivity (Wildman–Crippen MR) is 68.2 cm³/mol. The van der Waals surface area contributed by atoms with Crippen LogP contribution in [0.4, 0.5) is 10.5 Å². The highest BCUT2D eigenvalue weighted by Gasteiger charge is 2.17. The van der Waals surface area contributed by atoms with Gasteiger partial charge >= 0.3 is 6.09 Å². The van der Waals surface area contributed by atoms with Gasteiger partial charge in [0.05, 0.1) is 5.69 Å². The summed E-state index contributed by atoms with van der Waals surface area (Å²) in [7, 11) is 0. The smallest absolute Gasteiger partial charge is 0.412 e. The maximum atomic E-state index is 11.6. The molecule has 0 unspecified atom stereocenters. The Bertz CT molecular complexity index is 538. The van der Waals surface area contributed by atoms with Crippen molar-refractivity contribution in [2.24, 2.45) is 0 Å². The normalized spacial score (nSPS) is 11.5. The molecule has 17 heavy (non-hydrogen) atoms. The summed E-state index contributed by atoms with van der Waals surface area (Å²) in [5, 5.41) is 3.70. The van der Waals surface area contributed by atoms with Crippen LogP contribution in [0.15, 0.2) is 30.5 Å². The quantitative estimate of drug-likeness (QED) is 0.790. The third kappa shape index (κ3) is 2.78. The Morgan fingerprint density at radius 3 is 2.71 bits per heavy atom. The number of amides is 1. The van der Waals surface area contributed by atoms with E-state index in [0.717, 1.165) is 16.6 Å². The van der Waals surface area contributed by atoms with E-state index >= 15 is 0 Å². The number of hydrogen-bond acceptors (Lipinski definition) is 2. The van der Waals surface area contributed by atoms with Crippen LogP contribution in [0.5, 0.6) is 0 Å². The fourth-order valence-corrected chi connectivity index (χ4v) is 1.59. The zero-order valence-electron chi connectivity index (χ0n) is 10.2. The van der Waals surface area contributed by atoms with Crippen molar-refractivity contribution in [1.82, 2.24) is 4.98 Å². The Kier molecular flexibility index (Phi) is 2.79. The molecule has 1 heterocycles. The maximum Gasteiger partial charge on any atom is 0.412 e. The molecule has 0 fully saturated rings. The van der Waals surface area contributed by atoms with Crippen molar-refractivity contribution in [2.45, 2.75) is 26.4 Å². The van der Waals surface area contributed by atoms with E-state index in [1.165, 1.54) is 0 Å². The molecular formula is C13H16N2O2. The van der Waals surface area contributed by atoms with Crippen molar-refractivity contribution < 1.29 is 9.53 Å². The predicted octanol–water partition coefficient (Wildman–Crippen LogP) is 3.51. The number of carbonyl (C=O) groups is 1. The minimum absolute atomic E-state index is 0.442. The number of benzene rings is 1. The molecule has 0 atom stereocenters. The Hall–Kier alpha value is -1.97. The number of ether oxygens (including phenoxy) is 1. The van der Waals surface area contributed by atoms with E-state index in [1.807, 2.05) is 45.0 Å². The van der Waals surface area contributed by atoms with Crippen molar-refractivity contribution in [3.8, 4) is 0 Å². The van der Waals surface area contributed by atoms with Crippen molar-refractivity contribution in [1.29, 1.82) is 0 Å². The third-order valence-electron chi connectivity index (χ3n) is 2.22. The van der Waals surface area contributed by atoms with Crippen molar-refractivity contribution >= 4 is 22.7 Å². The fraction of sp³-hybridized carbons (Fsp3) is 0.308. The fourth-order valence-electron chi connectivity index (χ4n) is 1.59. The lowest BCUT2D eigenvalue weighted by Gasteiger charge is -2.19. The summed E-state index contributed by atoms with van der Waals surface area (Å²) >= 11 is 0. The number of rotatable bonds is 1. The van der Waals surface area contributed by atoms with Gasteiger partial charge in [-0.25, -0.2) is 4.79 Å². The lowest BCUT2D eigenvalue weighted by Crippen LogP contribution is -2.27. The van der Waals surface area contributed by atoms with Crippen LogP contribution in [0.25, 0.3) is 10.9 Å². The SMILES string of the molecule is CC(C)(C)OC(=O)Nc1c[nH]c2ccccc12. The molecule has 0 aliphatic rings. The van der Waals surface area contributed by atoms with Crippen molar-refractivity contribution in [2.75, 3.05) is 5.32 Å². The first-order valence-corrected chi connectivity index (χ1v) is 5.52. The van der Waals surface area contributed by atoms with Gasteiger partial charge in [0.2, 0.25) is 0 Å². The van der Waals surface area contributed by atoms with Gasteiger partial charge in [0.15, 0.2) is 0 Å². The summed E-state index contributed by atoms with van der Waals surface area (Å²) in [6.07, 6.45) is 1.32. The van der Waals surface area contributed by atoms with Gasteiger partial charge in [-0.2, -0.15) is 0 Å². The van der Waals surface area contributed by atoms with Crippen LogP contribution in [-0.2, 0) is 4.74 Å². The Morgan fingerprint density at radius 1 is 1.29 bits per heavy atom. The Balaban J connectivity index is 2.16. The first-order valence-electron chi connectivity index (χ1n) is 5.52. The number of fused-ring (bicyclic) bond motifs is 1. The van der Waals surface area contributed by atoms with E-state index in [0.29, 0.717) is 0 Å². The molecule has 90 valence electrons. The van der Waals surface area contributed by atoms with Gasteiger partial charge in [0.1, 0.15) is 5.60 Å². The van der Waals surface area contributed by atoms with Gasteiger partial charge in [0, 0.05) is 17.1 Å². The van der Waals surface area contributed by atoms with E-state index in [1.54, 1.807) is 6.20 Å². The molecule has 0 aliphatic heterocycles. The van der Waals surface area contributed by atoms with E-state index in [-0.39, 0.29) is 0 Å². The number of anilines is 1. The van der Waals surface area contributed by atoms with Gasteiger partial charge in [-0.05, 0) is 26.8 Å². The van der Waals surface area contributed by atoms with E-state index in [2.05, 4.69) is 10.3 Å². The molecule has 2 rings (SSSR count). The summed E-state index contributed by atoms with van der Waals surface area (Å²) in [6, 6.07) is 7.76. The minimum Gasteiger partial charge on any atom is -0.444 e. The number of aromatic amines is 1. The summed E-state index contributed by atoms with van der Waals surface area (Å²) in [6.45, 7) is 5.51. The molecule has 0 bridgehead atoms. The molecule has 0 saturated heterocycles. The molecule has 0 aliphatic carbocycles. The molecule has 1 amide bonds. The zero-order valence-corrected chi connectivity index (χ0v) is 10.2. The number of carbonyl (C=O) groups excluding carboxylic acids is 1. The molecule has 1 aromatic carbocycles. The van der Waals surface area contributed by atoms with Gasteiger partial charge in [-0.1, -0.05) is 18.2 Å². The molecule has 0 spiro atoms. The number of para-hydroxylation sites is 1. The molecular weight excluding hydrogens is 216 g/mol. The van der Waals surface area contributed by atoms with Crippen LogP contribution < -0.4 is 5.32 Å². The second-order valence-electron chi connectivity index (χ2n) is 4.87. The van der Waals surface area contributed by atoms with Crippen molar-refractivity contribution in [3.63, 3.8) is 0 Å². The van der Waals surface area contributed by atoms with Crippen LogP contribution in [-0.4, -0.2) is 16.7 Å². The highest BCUT2D eigenvalue weighted by atomic mass is 16.6. The van der Waals surface area contributed by atoms with Crippen LogP contribution in [0, 0.1) is 0 Å². The summed E-state index contributed by atoms with van der Waals surface area (Å²) in [4.78, 5) is 14.7. The second kappa shape index (κ2) is 4.13. The first kappa shape index (κ1) is 11.5. The Morgan fingerprint density at radius 2 is 2.00 bits per heavy atom. The molecule has 2 N–H and O–H groups in total. The molecule has 0 radical (unpaired) electrons. The summed E-state index contributed by atoms with van der Waals surface area (Å²) in [5.74, 6) is 0. The molecule has 0 saturated carbocycles. The molecule has 2 aromatic rings. The monoisotopic (exact) mass is 232 g/mol. The van der Waals surface area contributed by atoms with Gasteiger partial charge in [-0.3, -0.25) is 5.32 Å². The standard InChI is InChI=1S/C13H16N2O2/c1-13(2,3)17-12(16)15-11-8-14-10-7-5-4-6-9(10)11/h4-8,14H,1-3H3,(H,15,16). The van der Waals surface area contributed by atoms with E-state index < -0.39 is 11.7 Å². The van der Waals surface area contributed by atoms with Gasteiger partial charge < -0.3 is 9.72 Å². The third-order valence-corrected chi connectivity index (χ3v) is 2.22. The number of aromatic nitrogens is 1. The van der Waals surface area contributed by atoms with Crippen molar-refractivity contribution in [3.05, 3.63) is 30.5 Å². The van der Waals surface area contributed by atoms with E-state index in [9.17, 15) is 4.79 Å². The lowest BCUT2D eigenvalue weighted by atomic mass is 10.2. The van der Waals surface area contributed by atoms with Gasteiger partial charge in [-0.15, -0.1) is 0 Å². The van der Waals surface area contributed by atoms with Crippen LogP contribution >= 0.6 is 0 Å². The first-order chi connectivity index (χ1) is 7.96. The van der Waals surface area contributed by atoms with Crippen LogP contribution in [0.1, 0.15) is 20.8 Å². The maximum absolute atomic E-state index is 11.6. The molecule has 1 aromatic heterocycles. The molecule has 4 heteroatoms. The lowest BCUT2D eigenvalue weighted by molar-refractivity contribution is 0.0636. The second-order valence-corrected chi connectivity index (χ2v) is 4.87. The zero-order chi connectivity index (χ0) is 12.5. The topological polar surface area (TPSA) is 54.1 Å².